The van der Waals surface area contributed by atoms with E-state index in [9.17, 15) is 14.7 Å². The number of rotatable bonds is 3. The van der Waals surface area contributed by atoms with Gasteiger partial charge in [0.1, 0.15) is 11.4 Å². The van der Waals surface area contributed by atoms with E-state index in [1.165, 1.54) is 6.07 Å². The summed E-state index contributed by atoms with van der Waals surface area (Å²) in [5.74, 6) is -1.18. The molecule has 0 aliphatic heterocycles. The van der Waals surface area contributed by atoms with Crippen molar-refractivity contribution in [1.82, 2.24) is 4.57 Å². The Balaban J connectivity index is 2.18. The van der Waals surface area contributed by atoms with Gasteiger partial charge in [0.05, 0.1) is 11.4 Å². The number of hydrogen-bond donors (Lipinski definition) is 1. The molecule has 3 rings (SSSR count). The van der Waals surface area contributed by atoms with Gasteiger partial charge in [-0.25, -0.2) is 0 Å². The van der Waals surface area contributed by atoms with Gasteiger partial charge in [0.2, 0.25) is 0 Å². The number of nitrogens with zero attached hydrogens (tertiary/aromatic N) is 1. The van der Waals surface area contributed by atoms with Crippen molar-refractivity contribution in [2.75, 3.05) is 0 Å². The van der Waals surface area contributed by atoms with E-state index in [1.807, 2.05) is 20.8 Å². The Morgan fingerprint density at radius 2 is 1.72 bits per heavy atom. The van der Waals surface area contributed by atoms with Crippen molar-refractivity contribution >= 4 is 34.4 Å². The summed E-state index contributed by atoms with van der Waals surface area (Å²) in [7, 11) is 0. The molecular weight excluding hydrogens is 390 g/mol. The van der Waals surface area contributed by atoms with Gasteiger partial charge in [-0.05, 0) is 82.6 Å². The molecule has 0 aliphatic rings. The van der Waals surface area contributed by atoms with Crippen LogP contribution in [0.1, 0.15) is 55.2 Å². The lowest BCUT2D eigenvalue weighted by atomic mass is 9.97. The quantitative estimate of drug-likeness (QED) is 0.580. The van der Waals surface area contributed by atoms with Gasteiger partial charge >= 0.3 is 5.97 Å². The van der Waals surface area contributed by atoms with E-state index >= 15 is 0 Å². The second-order valence-electron chi connectivity index (χ2n) is 8.10. The normalized spacial score (nSPS) is 12.8. The second kappa shape index (κ2) is 7.56. The van der Waals surface area contributed by atoms with Crippen LogP contribution in [0.25, 0.3) is 10.9 Å². The fourth-order valence-electron chi connectivity index (χ4n) is 3.47. The number of esters is 1. The van der Waals surface area contributed by atoms with Gasteiger partial charge in [-0.2, -0.15) is 0 Å². The number of carbonyl (C=O) groups excluding carboxylic acids is 2. The van der Waals surface area contributed by atoms with Gasteiger partial charge in [-0.15, -0.1) is 0 Å². The maximum atomic E-state index is 13.3. The molecule has 3 aromatic rings. The minimum absolute atomic E-state index is 0.0613. The van der Waals surface area contributed by atoms with Crippen LogP contribution >= 0.6 is 11.6 Å². The number of phenols is 1. The molecular formula is C23H24ClNO4. The predicted molar refractivity (Wildman–Crippen MR) is 114 cm³/mol. The summed E-state index contributed by atoms with van der Waals surface area (Å²) in [5, 5.41) is 11.2. The topological polar surface area (TPSA) is 68.5 Å². The van der Waals surface area contributed by atoms with E-state index in [0.717, 1.165) is 0 Å². The molecule has 0 saturated carbocycles. The maximum Gasteiger partial charge on any atom is 0.313 e. The third-order valence-corrected chi connectivity index (χ3v) is 4.98. The van der Waals surface area contributed by atoms with Crippen molar-refractivity contribution in [3.05, 3.63) is 64.3 Å². The van der Waals surface area contributed by atoms with E-state index in [2.05, 4.69) is 0 Å². The minimum Gasteiger partial charge on any atom is -0.508 e. The first-order valence-corrected chi connectivity index (χ1v) is 9.74. The van der Waals surface area contributed by atoms with Gasteiger partial charge in [-0.1, -0.05) is 11.6 Å². The van der Waals surface area contributed by atoms with Crippen molar-refractivity contribution in [3.8, 4) is 5.75 Å². The summed E-state index contributed by atoms with van der Waals surface area (Å²) < 4.78 is 7.11. The van der Waals surface area contributed by atoms with Crippen LogP contribution in [-0.2, 0) is 9.53 Å². The highest BCUT2D eigenvalue weighted by molar-refractivity contribution is 6.30. The van der Waals surface area contributed by atoms with Crippen LogP contribution in [0.2, 0.25) is 5.02 Å². The summed E-state index contributed by atoms with van der Waals surface area (Å²) in [6, 6.07) is 11.4. The predicted octanol–water partition coefficient (Wildman–Crippen LogP) is 5.44. The number of carbonyl (C=O) groups is 2. The molecule has 152 valence electrons. The Hall–Kier alpha value is -2.79. The van der Waals surface area contributed by atoms with E-state index in [4.69, 9.17) is 16.3 Å². The molecule has 0 bridgehead atoms. The van der Waals surface area contributed by atoms with Crippen LogP contribution in [0.3, 0.4) is 0 Å². The van der Waals surface area contributed by atoms with E-state index in [0.29, 0.717) is 32.7 Å². The van der Waals surface area contributed by atoms with Crippen molar-refractivity contribution in [3.63, 3.8) is 0 Å². The summed E-state index contributed by atoms with van der Waals surface area (Å²) >= 11 is 5.94. The van der Waals surface area contributed by atoms with Gasteiger partial charge in [0.25, 0.3) is 5.91 Å². The van der Waals surface area contributed by atoms with Crippen LogP contribution in [0.5, 0.6) is 5.75 Å². The van der Waals surface area contributed by atoms with Crippen LogP contribution in [0, 0.1) is 6.92 Å². The molecule has 1 aromatic heterocycles. The van der Waals surface area contributed by atoms with Crippen molar-refractivity contribution in [2.24, 2.45) is 0 Å². The minimum atomic E-state index is -0.626. The standard InChI is InChI=1S/C23H24ClNO4/c1-13(22(28)29-23(3,4)5)20-14(2)25(19-11-10-17(26)12-18(19)20)21(27)15-6-8-16(24)9-7-15/h6-13,26H,1-5H3/t13-/m1/s1. The molecule has 6 heteroatoms. The highest BCUT2D eigenvalue weighted by Crippen LogP contribution is 2.35. The Labute approximate surface area is 174 Å². The molecule has 0 radical (unpaired) electrons. The Morgan fingerprint density at radius 3 is 2.31 bits per heavy atom. The lowest BCUT2D eigenvalue weighted by Gasteiger charge is -2.22. The number of aromatic nitrogens is 1. The molecule has 1 heterocycles. The fourth-order valence-corrected chi connectivity index (χ4v) is 3.59. The number of ether oxygens (including phenoxy) is 1. The molecule has 2 aromatic carbocycles. The van der Waals surface area contributed by atoms with Gasteiger partial charge in [0, 0.05) is 21.7 Å². The first kappa shape index (κ1) is 20.9. The molecule has 0 amide bonds. The van der Waals surface area contributed by atoms with Crippen molar-refractivity contribution in [2.45, 2.75) is 46.1 Å². The molecule has 0 saturated heterocycles. The van der Waals surface area contributed by atoms with Crippen LogP contribution in [0.4, 0.5) is 0 Å². The largest absolute Gasteiger partial charge is 0.508 e. The zero-order chi connectivity index (χ0) is 21.5. The van der Waals surface area contributed by atoms with Crippen LogP contribution in [0.15, 0.2) is 42.5 Å². The van der Waals surface area contributed by atoms with E-state index in [-0.39, 0.29) is 17.6 Å². The summed E-state index contributed by atoms with van der Waals surface area (Å²) in [4.78, 5) is 26.0. The summed E-state index contributed by atoms with van der Waals surface area (Å²) in [6.07, 6.45) is 0. The van der Waals surface area contributed by atoms with Crippen LogP contribution < -0.4 is 0 Å². The highest BCUT2D eigenvalue weighted by Gasteiger charge is 2.29. The number of phenolic OH excluding ortho intramolecular Hbond substituents is 1. The number of aromatic hydroxyl groups is 1. The van der Waals surface area contributed by atoms with E-state index in [1.54, 1.807) is 54.8 Å². The Morgan fingerprint density at radius 1 is 1.10 bits per heavy atom. The lowest BCUT2D eigenvalue weighted by molar-refractivity contribution is -0.156. The Kier molecular flexibility index (Phi) is 5.46. The smallest absolute Gasteiger partial charge is 0.313 e. The highest BCUT2D eigenvalue weighted by atomic mass is 35.5. The first-order chi connectivity index (χ1) is 13.5. The average Bonchev–Trinajstić information content (AvgIpc) is 2.90. The maximum absolute atomic E-state index is 13.3. The molecule has 0 unspecified atom stereocenters. The fraction of sp³-hybridized carbons (Fsp3) is 0.304. The van der Waals surface area contributed by atoms with Crippen molar-refractivity contribution in [1.29, 1.82) is 0 Å². The van der Waals surface area contributed by atoms with Gasteiger partial charge < -0.3 is 9.84 Å². The van der Waals surface area contributed by atoms with Crippen molar-refractivity contribution < 1.29 is 19.4 Å². The molecule has 1 N–H and O–H groups in total. The third-order valence-electron chi connectivity index (χ3n) is 4.72. The number of fused-ring (bicyclic) bond motifs is 1. The summed E-state index contributed by atoms with van der Waals surface area (Å²) in [6.45, 7) is 8.97. The SMILES string of the molecule is Cc1c([C@@H](C)C(=O)OC(C)(C)C)c2cc(O)ccc2n1C(=O)c1ccc(Cl)cc1. The molecule has 1 atom stereocenters. The molecule has 0 spiro atoms. The Bertz CT molecular complexity index is 1090. The number of benzene rings is 2. The third kappa shape index (κ3) is 4.15. The molecule has 29 heavy (non-hydrogen) atoms. The molecule has 0 aliphatic carbocycles. The second-order valence-corrected chi connectivity index (χ2v) is 8.54. The number of hydrogen-bond acceptors (Lipinski definition) is 4. The van der Waals surface area contributed by atoms with Gasteiger partial charge in [-0.3, -0.25) is 14.2 Å². The zero-order valence-corrected chi connectivity index (χ0v) is 17.9. The molecule has 5 nitrogen and oxygen atoms in total. The monoisotopic (exact) mass is 413 g/mol. The van der Waals surface area contributed by atoms with Gasteiger partial charge in [0.15, 0.2) is 0 Å². The lowest BCUT2D eigenvalue weighted by Crippen LogP contribution is -2.27. The average molecular weight is 414 g/mol. The summed E-state index contributed by atoms with van der Waals surface area (Å²) in [5.41, 5.74) is 1.75. The molecule has 0 fully saturated rings. The number of halogens is 1. The first-order valence-electron chi connectivity index (χ1n) is 9.36. The zero-order valence-electron chi connectivity index (χ0n) is 17.1. The van der Waals surface area contributed by atoms with Crippen LogP contribution in [-0.4, -0.2) is 27.2 Å². The van der Waals surface area contributed by atoms with E-state index < -0.39 is 11.5 Å².